The van der Waals surface area contributed by atoms with Crippen LogP contribution in [-0.2, 0) is 4.79 Å². The van der Waals surface area contributed by atoms with Crippen molar-refractivity contribution in [3.05, 3.63) is 0 Å². The molecule has 0 aromatic rings. The van der Waals surface area contributed by atoms with E-state index in [2.05, 4.69) is 10.2 Å². The van der Waals surface area contributed by atoms with Gasteiger partial charge in [0.25, 0.3) is 0 Å². The van der Waals surface area contributed by atoms with Gasteiger partial charge in [-0.25, -0.2) is 4.79 Å². The van der Waals surface area contributed by atoms with E-state index in [1.165, 1.54) is 12.8 Å². The van der Waals surface area contributed by atoms with Crippen LogP contribution in [0.3, 0.4) is 0 Å². The molecule has 2 N–H and O–H groups in total. The predicted molar refractivity (Wildman–Crippen MR) is 75.6 cm³/mol. The van der Waals surface area contributed by atoms with Crippen molar-refractivity contribution in [1.29, 1.82) is 0 Å². The second kappa shape index (κ2) is 7.47. The van der Waals surface area contributed by atoms with Crippen molar-refractivity contribution in [2.45, 2.75) is 32.1 Å². The van der Waals surface area contributed by atoms with E-state index in [1.807, 2.05) is 4.90 Å². The molecule has 2 aliphatic heterocycles. The summed E-state index contributed by atoms with van der Waals surface area (Å²) in [5.41, 5.74) is 0. The molecule has 114 valence electrons. The Bertz CT molecular complexity index is 335. The first kappa shape index (κ1) is 15.1. The molecular formula is C14H25N3O3. The van der Waals surface area contributed by atoms with Gasteiger partial charge in [0.1, 0.15) is 0 Å². The first-order valence-corrected chi connectivity index (χ1v) is 7.62. The number of rotatable bonds is 5. The van der Waals surface area contributed by atoms with Gasteiger partial charge in [-0.1, -0.05) is 0 Å². The van der Waals surface area contributed by atoms with Gasteiger partial charge in [0.05, 0.1) is 0 Å². The lowest BCUT2D eigenvalue weighted by molar-refractivity contribution is -0.138. The number of aliphatic carboxylic acids is 1. The van der Waals surface area contributed by atoms with Gasteiger partial charge in [-0.15, -0.1) is 0 Å². The third kappa shape index (κ3) is 4.67. The Balaban J connectivity index is 1.60. The number of nitrogens with one attached hydrogen (secondary N) is 1. The molecule has 0 aromatic carbocycles. The van der Waals surface area contributed by atoms with Crippen LogP contribution in [0.15, 0.2) is 0 Å². The smallest absolute Gasteiger partial charge is 0.317 e. The summed E-state index contributed by atoms with van der Waals surface area (Å²) in [5, 5.41) is 11.7. The topological polar surface area (TPSA) is 72.9 Å². The van der Waals surface area contributed by atoms with Gasteiger partial charge in [0.15, 0.2) is 0 Å². The van der Waals surface area contributed by atoms with Gasteiger partial charge in [-0.3, -0.25) is 4.79 Å². The molecule has 0 spiro atoms. The van der Waals surface area contributed by atoms with Crippen LogP contribution in [-0.4, -0.2) is 66.2 Å². The Morgan fingerprint density at radius 1 is 1.10 bits per heavy atom. The fourth-order valence-electron chi connectivity index (χ4n) is 3.03. The first-order chi connectivity index (χ1) is 9.65. The molecular weight excluding hydrogens is 258 g/mol. The Labute approximate surface area is 120 Å². The maximum absolute atomic E-state index is 12.0. The standard InChI is InChI=1S/C14H25N3O3/c18-13(19)11-12-3-8-17(9-4-12)14(20)15-5-10-16-6-1-2-7-16/h12H,1-11H2,(H,15,20)(H,18,19). The van der Waals surface area contributed by atoms with Crippen molar-refractivity contribution in [1.82, 2.24) is 15.1 Å². The lowest BCUT2D eigenvalue weighted by Crippen LogP contribution is -2.46. The SMILES string of the molecule is O=C(O)CC1CCN(C(=O)NCCN2CCCC2)CC1. The average molecular weight is 283 g/mol. The molecule has 0 aromatic heterocycles. The number of amides is 2. The summed E-state index contributed by atoms with van der Waals surface area (Å²) < 4.78 is 0. The lowest BCUT2D eigenvalue weighted by Gasteiger charge is -2.31. The van der Waals surface area contributed by atoms with Crippen LogP contribution in [0.1, 0.15) is 32.1 Å². The number of hydrogen-bond donors (Lipinski definition) is 2. The third-order valence-electron chi connectivity index (χ3n) is 4.27. The van der Waals surface area contributed by atoms with Crippen LogP contribution in [0.4, 0.5) is 4.79 Å². The third-order valence-corrected chi connectivity index (χ3v) is 4.27. The summed E-state index contributed by atoms with van der Waals surface area (Å²) in [6, 6.07) is -0.00188. The summed E-state index contributed by atoms with van der Waals surface area (Å²) in [7, 11) is 0. The van der Waals surface area contributed by atoms with Gasteiger partial charge in [0.2, 0.25) is 0 Å². The zero-order chi connectivity index (χ0) is 14.4. The Morgan fingerprint density at radius 3 is 2.35 bits per heavy atom. The summed E-state index contributed by atoms with van der Waals surface area (Å²) >= 11 is 0. The summed E-state index contributed by atoms with van der Waals surface area (Å²) in [5.74, 6) is -0.514. The van der Waals surface area contributed by atoms with Crippen molar-refractivity contribution in [3.8, 4) is 0 Å². The highest BCUT2D eigenvalue weighted by Gasteiger charge is 2.24. The highest BCUT2D eigenvalue weighted by atomic mass is 16.4. The minimum atomic E-state index is -0.737. The molecule has 20 heavy (non-hydrogen) atoms. The summed E-state index contributed by atoms with van der Waals surface area (Å²) in [6.07, 6.45) is 4.36. The highest BCUT2D eigenvalue weighted by Crippen LogP contribution is 2.20. The van der Waals surface area contributed by atoms with Crippen LogP contribution >= 0.6 is 0 Å². The highest BCUT2D eigenvalue weighted by molar-refractivity contribution is 5.74. The molecule has 0 aliphatic carbocycles. The fraction of sp³-hybridized carbons (Fsp3) is 0.857. The van der Waals surface area contributed by atoms with Crippen LogP contribution < -0.4 is 5.32 Å². The van der Waals surface area contributed by atoms with E-state index in [0.29, 0.717) is 19.6 Å². The van der Waals surface area contributed by atoms with Crippen LogP contribution in [0, 0.1) is 5.92 Å². The molecule has 6 nitrogen and oxygen atoms in total. The Kier molecular flexibility index (Phi) is 5.64. The number of nitrogens with zero attached hydrogens (tertiary/aromatic N) is 2. The monoisotopic (exact) mass is 283 g/mol. The van der Waals surface area contributed by atoms with Crippen molar-refractivity contribution < 1.29 is 14.7 Å². The molecule has 2 saturated heterocycles. The minimum Gasteiger partial charge on any atom is -0.481 e. The maximum atomic E-state index is 12.0. The number of carboxylic acid groups (broad SMARTS) is 1. The molecule has 0 radical (unpaired) electrons. The van der Waals surface area contributed by atoms with Gasteiger partial charge in [-0.2, -0.15) is 0 Å². The largest absolute Gasteiger partial charge is 0.481 e. The van der Waals surface area contributed by atoms with Crippen molar-refractivity contribution >= 4 is 12.0 Å². The zero-order valence-electron chi connectivity index (χ0n) is 12.0. The second-order valence-corrected chi connectivity index (χ2v) is 5.81. The molecule has 2 heterocycles. The van der Waals surface area contributed by atoms with E-state index >= 15 is 0 Å². The molecule has 0 atom stereocenters. The van der Waals surface area contributed by atoms with Gasteiger partial charge in [-0.05, 0) is 44.7 Å². The first-order valence-electron chi connectivity index (χ1n) is 7.62. The molecule has 2 fully saturated rings. The van der Waals surface area contributed by atoms with Crippen LogP contribution in [0.5, 0.6) is 0 Å². The van der Waals surface area contributed by atoms with E-state index in [9.17, 15) is 9.59 Å². The summed E-state index contributed by atoms with van der Waals surface area (Å²) in [6.45, 7) is 5.28. The predicted octanol–water partition coefficient (Wildman–Crippen LogP) is 0.978. The number of carbonyl (C=O) groups is 2. The second-order valence-electron chi connectivity index (χ2n) is 5.81. The number of piperidine rings is 1. The van der Waals surface area contributed by atoms with Crippen molar-refractivity contribution in [2.24, 2.45) is 5.92 Å². The fourth-order valence-corrected chi connectivity index (χ4v) is 3.03. The van der Waals surface area contributed by atoms with E-state index < -0.39 is 5.97 Å². The number of hydrogen-bond acceptors (Lipinski definition) is 3. The van der Waals surface area contributed by atoms with Crippen LogP contribution in [0.25, 0.3) is 0 Å². The van der Waals surface area contributed by atoms with Crippen molar-refractivity contribution in [2.75, 3.05) is 39.3 Å². The molecule has 0 unspecified atom stereocenters. The Morgan fingerprint density at radius 2 is 1.75 bits per heavy atom. The molecule has 0 bridgehead atoms. The molecule has 2 amide bonds. The molecule has 0 saturated carbocycles. The summed E-state index contributed by atoms with van der Waals surface area (Å²) in [4.78, 5) is 26.8. The zero-order valence-corrected chi connectivity index (χ0v) is 12.0. The van der Waals surface area contributed by atoms with E-state index in [0.717, 1.165) is 32.5 Å². The number of carboxylic acids is 1. The molecule has 6 heteroatoms. The van der Waals surface area contributed by atoms with Gasteiger partial charge in [0, 0.05) is 32.6 Å². The van der Waals surface area contributed by atoms with Gasteiger partial charge >= 0.3 is 12.0 Å². The van der Waals surface area contributed by atoms with Crippen molar-refractivity contribution in [3.63, 3.8) is 0 Å². The average Bonchev–Trinajstić information content (AvgIpc) is 2.92. The number of carbonyl (C=O) groups excluding carboxylic acids is 1. The minimum absolute atomic E-state index is 0.00188. The number of urea groups is 1. The molecule has 2 aliphatic rings. The van der Waals surface area contributed by atoms with E-state index in [4.69, 9.17) is 5.11 Å². The van der Waals surface area contributed by atoms with E-state index in [-0.39, 0.29) is 18.4 Å². The quantitative estimate of drug-likeness (QED) is 0.789. The normalized spacial score (nSPS) is 21.1. The van der Waals surface area contributed by atoms with E-state index in [1.54, 1.807) is 0 Å². The Hall–Kier alpha value is -1.30. The maximum Gasteiger partial charge on any atom is 0.317 e. The lowest BCUT2D eigenvalue weighted by atomic mass is 9.94. The number of likely N-dealkylation sites (tertiary alicyclic amines) is 2. The van der Waals surface area contributed by atoms with Gasteiger partial charge < -0.3 is 20.2 Å². The molecule has 2 rings (SSSR count). The van der Waals surface area contributed by atoms with Crippen LogP contribution in [0.2, 0.25) is 0 Å².